The quantitative estimate of drug-likeness (QED) is 0.659. The van der Waals surface area contributed by atoms with Crippen molar-refractivity contribution in [2.75, 3.05) is 20.3 Å². The molecule has 0 heterocycles. The maximum absolute atomic E-state index is 5.73. The van der Waals surface area contributed by atoms with E-state index >= 15 is 0 Å². The Balaban J connectivity index is 3.83. The van der Waals surface area contributed by atoms with Crippen molar-refractivity contribution in [1.29, 1.82) is 0 Å². The van der Waals surface area contributed by atoms with Crippen LogP contribution in [0.3, 0.4) is 0 Å². The first-order chi connectivity index (χ1) is 5.55. The minimum absolute atomic E-state index is 0.0185. The van der Waals surface area contributed by atoms with E-state index in [1.54, 1.807) is 7.11 Å². The zero-order valence-electron chi connectivity index (χ0n) is 8.59. The van der Waals surface area contributed by atoms with Crippen LogP contribution in [0.4, 0.5) is 0 Å². The van der Waals surface area contributed by atoms with Gasteiger partial charge in [0.15, 0.2) is 0 Å². The van der Waals surface area contributed by atoms with E-state index in [0.717, 1.165) is 6.42 Å². The summed E-state index contributed by atoms with van der Waals surface area (Å²) in [5, 5.41) is 0. The van der Waals surface area contributed by atoms with Crippen molar-refractivity contribution < 1.29 is 9.47 Å². The van der Waals surface area contributed by atoms with Crippen LogP contribution in [0.15, 0.2) is 0 Å². The second-order valence-electron chi connectivity index (χ2n) is 3.54. The minimum Gasteiger partial charge on any atom is -0.382 e. The summed E-state index contributed by atoms with van der Waals surface area (Å²) < 4.78 is 10.7. The number of rotatable bonds is 6. The van der Waals surface area contributed by atoms with Crippen LogP contribution in [0.2, 0.25) is 0 Å². The van der Waals surface area contributed by atoms with Gasteiger partial charge < -0.3 is 15.2 Å². The SMILES string of the molecule is CCC(C)(C)OC(CN)COC. The second kappa shape index (κ2) is 5.51. The van der Waals surface area contributed by atoms with Gasteiger partial charge in [-0.15, -0.1) is 0 Å². The number of hydrogen-bond donors (Lipinski definition) is 1. The molecule has 3 heteroatoms. The van der Waals surface area contributed by atoms with Gasteiger partial charge in [-0.1, -0.05) is 6.92 Å². The smallest absolute Gasteiger partial charge is 0.0937 e. The zero-order chi connectivity index (χ0) is 9.61. The third kappa shape index (κ3) is 4.70. The molecule has 0 aromatic carbocycles. The first kappa shape index (κ1) is 11.9. The number of nitrogens with two attached hydrogens (primary N) is 1. The molecule has 0 aromatic heterocycles. The van der Waals surface area contributed by atoms with Gasteiger partial charge in [-0.2, -0.15) is 0 Å². The molecule has 1 atom stereocenters. The Bertz CT molecular complexity index is 115. The van der Waals surface area contributed by atoms with E-state index in [9.17, 15) is 0 Å². The van der Waals surface area contributed by atoms with Gasteiger partial charge in [0.25, 0.3) is 0 Å². The van der Waals surface area contributed by atoms with E-state index < -0.39 is 0 Å². The molecular weight excluding hydrogens is 154 g/mol. The predicted molar refractivity (Wildman–Crippen MR) is 50.2 cm³/mol. The molecule has 0 aliphatic rings. The van der Waals surface area contributed by atoms with E-state index in [0.29, 0.717) is 13.2 Å². The third-order valence-corrected chi connectivity index (χ3v) is 1.95. The molecule has 0 amide bonds. The third-order valence-electron chi connectivity index (χ3n) is 1.95. The van der Waals surface area contributed by atoms with Crippen LogP contribution in [0, 0.1) is 0 Å². The molecule has 0 saturated heterocycles. The van der Waals surface area contributed by atoms with E-state index in [4.69, 9.17) is 15.2 Å². The van der Waals surface area contributed by atoms with Gasteiger partial charge in [0.1, 0.15) is 0 Å². The summed E-state index contributed by atoms with van der Waals surface area (Å²) in [6.45, 7) is 7.30. The molecule has 0 spiro atoms. The van der Waals surface area contributed by atoms with Crippen LogP contribution in [-0.2, 0) is 9.47 Å². The molecule has 2 N–H and O–H groups in total. The van der Waals surface area contributed by atoms with E-state index in [1.807, 2.05) is 0 Å². The molecule has 12 heavy (non-hydrogen) atoms. The second-order valence-corrected chi connectivity index (χ2v) is 3.54. The number of hydrogen-bond acceptors (Lipinski definition) is 3. The summed E-state index contributed by atoms with van der Waals surface area (Å²) >= 11 is 0. The highest BCUT2D eigenvalue weighted by Gasteiger charge is 2.20. The van der Waals surface area contributed by atoms with Gasteiger partial charge in [-0.3, -0.25) is 0 Å². The monoisotopic (exact) mass is 175 g/mol. The van der Waals surface area contributed by atoms with E-state index in [1.165, 1.54) is 0 Å². The molecule has 0 bridgehead atoms. The van der Waals surface area contributed by atoms with Crippen LogP contribution in [-0.4, -0.2) is 32.0 Å². The molecule has 74 valence electrons. The first-order valence-electron chi connectivity index (χ1n) is 4.42. The lowest BCUT2D eigenvalue weighted by atomic mass is 10.1. The standard InChI is InChI=1S/C9H21NO2/c1-5-9(2,3)12-8(6-10)7-11-4/h8H,5-7,10H2,1-4H3. The number of ether oxygens (including phenoxy) is 2. The molecule has 0 fully saturated rings. The van der Waals surface area contributed by atoms with Gasteiger partial charge in [0.05, 0.1) is 18.3 Å². The Labute approximate surface area is 75.2 Å². The van der Waals surface area contributed by atoms with Gasteiger partial charge in [-0.05, 0) is 20.3 Å². The molecule has 3 nitrogen and oxygen atoms in total. The normalized spacial score (nSPS) is 14.8. The Kier molecular flexibility index (Phi) is 5.46. The summed E-state index contributed by atoms with van der Waals surface area (Å²) in [5.74, 6) is 0. The van der Waals surface area contributed by atoms with Crippen LogP contribution >= 0.6 is 0 Å². The molecule has 0 radical (unpaired) electrons. The summed E-state index contributed by atoms with van der Waals surface area (Å²) in [6, 6.07) is 0. The van der Waals surface area contributed by atoms with Crippen LogP contribution in [0.1, 0.15) is 27.2 Å². The maximum atomic E-state index is 5.73. The molecular formula is C9H21NO2. The highest BCUT2D eigenvalue weighted by molar-refractivity contribution is 4.70. The maximum Gasteiger partial charge on any atom is 0.0937 e. The van der Waals surface area contributed by atoms with Crippen molar-refractivity contribution in [2.45, 2.75) is 38.9 Å². The fraction of sp³-hybridized carbons (Fsp3) is 1.00. The topological polar surface area (TPSA) is 44.5 Å². The minimum atomic E-state index is -0.0947. The molecule has 0 rings (SSSR count). The average molecular weight is 175 g/mol. The van der Waals surface area contributed by atoms with Crippen molar-refractivity contribution in [3.8, 4) is 0 Å². The highest BCUT2D eigenvalue weighted by atomic mass is 16.5. The Morgan fingerprint density at radius 3 is 2.33 bits per heavy atom. The fourth-order valence-corrected chi connectivity index (χ4v) is 0.871. The number of methoxy groups -OCH3 is 1. The van der Waals surface area contributed by atoms with E-state index in [-0.39, 0.29) is 11.7 Å². The van der Waals surface area contributed by atoms with Gasteiger partial charge in [0, 0.05) is 13.7 Å². The van der Waals surface area contributed by atoms with Crippen LogP contribution in [0.5, 0.6) is 0 Å². The summed E-state index contributed by atoms with van der Waals surface area (Å²) in [7, 11) is 1.66. The van der Waals surface area contributed by atoms with Gasteiger partial charge in [0.2, 0.25) is 0 Å². The van der Waals surface area contributed by atoms with Crippen molar-refractivity contribution in [2.24, 2.45) is 5.73 Å². The van der Waals surface area contributed by atoms with Crippen LogP contribution < -0.4 is 5.73 Å². The Morgan fingerprint density at radius 2 is 2.00 bits per heavy atom. The molecule has 0 aliphatic carbocycles. The highest BCUT2D eigenvalue weighted by Crippen LogP contribution is 2.15. The first-order valence-corrected chi connectivity index (χ1v) is 4.42. The molecule has 0 aliphatic heterocycles. The Morgan fingerprint density at radius 1 is 1.42 bits per heavy atom. The lowest BCUT2D eigenvalue weighted by Gasteiger charge is -2.28. The van der Waals surface area contributed by atoms with Crippen molar-refractivity contribution >= 4 is 0 Å². The van der Waals surface area contributed by atoms with Gasteiger partial charge in [-0.25, -0.2) is 0 Å². The average Bonchev–Trinajstić information content (AvgIpc) is 2.03. The molecule has 1 unspecified atom stereocenters. The van der Waals surface area contributed by atoms with Crippen molar-refractivity contribution in [3.05, 3.63) is 0 Å². The van der Waals surface area contributed by atoms with Crippen molar-refractivity contribution in [3.63, 3.8) is 0 Å². The van der Waals surface area contributed by atoms with Crippen molar-refractivity contribution in [1.82, 2.24) is 0 Å². The zero-order valence-corrected chi connectivity index (χ0v) is 8.59. The molecule has 0 aromatic rings. The summed E-state index contributed by atoms with van der Waals surface area (Å²) in [6.07, 6.45) is 0.998. The Hall–Kier alpha value is -0.120. The van der Waals surface area contributed by atoms with Gasteiger partial charge >= 0.3 is 0 Å². The lowest BCUT2D eigenvalue weighted by molar-refractivity contribution is -0.0928. The fourth-order valence-electron chi connectivity index (χ4n) is 0.871. The predicted octanol–water partition coefficient (Wildman–Crippen LogP) is 1.17. The molecule has 0 saturated carbocycles. The summed E-state index contributed by atoms with van der Waals surface area (Å²) in [5.41, 5.74) is 5.42. The van der Waals surface area contributed by atoms with Crippen LogP contribution in [0.25, 0.3) is 0 Å². The lowest BCUT2D eigenvalue weighted by Crippen LogP contribution is -2.37. The summed E-state index contributed by atoms with van der Waals surface area (Å²) in [4.78, 5) is 0. The largest absolute Gasteiger partial charge is 0.382 e. The van der Waals surface area contributed by atoms with E-state index in [2.05, 4.69) is 20.8 Å².